The van der Waals surface area contributed by atoms with Crippen molar-refractivity contribution in [3.05, 3.63) is 29.8 Å². The summed E-state index contributed by atoms with van der Waals surface area (Å²) < 4.78 is 0. The van der Waals surface area contributed by atoms with Crippen LogP contribution in [0.2, 0.25) is 0 Å². The van der Waals surface area contributed by atoms with Crippen LogP contribution < -0.4 is 5.73 Å². The Bertz CT molecular complexity index is 388. The fraction of sp³-hybridized carbons (Fsp3) is 0.533. The summed E-state index contributed by atoms with van der Waals surface area (Å²) in [6, 6.07) is 7.73. The van der Waals surface area contributed by atoms with Gasteiger partial charge in [-0.3, -0.25) is 4.79 Å². The zero-order valence-corrected chi connectivity index (χ0v) is 11.6. The summed E-state index contributed by atoms with van der Waals surface area (Å²) in [4.78, 5) is 13.9. The number of nitrogens with zero attached hydrogens (tertiary/aromatic N) is 1. The topological polar surface area (TPSA) is 46.3 Å². The van der Waals surface area contributed by atoms with E-state index in [4.69, 9.17) is 5.73 Å². The van der Waals surface area contributed by atoms with E-state index in [9.17, 15) is 4.79 Å². The summed E-state index contributed by atoms with van der Waals surface area (Å²) in [6.07, 6.45) is 1.58. The SMILES string of the molecule is CCN(Cc1cccc(N)c1)C(=O)CCC(C)C. The predicted molar refractivity (Wildman–Crippen MR) is 76.0 cm³/mol. The molecule has 0 aliphatic rings. The van der Waals surface area contributed by atoms with Gasteiger partial charge in [0, 0.05) is 25.2 Å². The number of hydrogen-bond acceptors (Lipinski definition) is 2. The Morgan fingerprint density at radius 3 is 2.67 bits per heavy atom. The molecule has 0 aliphatic carbocycles. The van der Waals surface area contributed by atoms with Gasteiger partial charge >= 0.3 is 0 Å². The Morgan fingerprint density at radius 1 is 1.39 bits per heavy atom. The molecule has 0 aromatic heterocycles. The fourth-order valence-corrected chi connectivity index (χ4v) is 1.86. The van der Waals surface area contributed by atoms with Gasteiger partial charge in [-0.05, 0) is 37.0 Å². The molecule has 1 aromatic rings. The van der Waals surface area contributed by atoms with Gasteiger partial charge in [-0.15, -0.1) is 0 Å². The molecule has 0 unspecified atom stereocenters. The lowest BCUT2D eigenvalue weighted by atomic mass is 10.1. The Balaban J connectivity index is 2.58. The van der Waals surface area contributed by atoms with Crippen LogP contribution in [0, 0.1) is 5.92 Å². The number of anilines is 1. The Hall–Kier alpha value is -1.51. The molecule has 100 valence electrons. The van der Waals surface area contributed by atoms with Crippen LogP contribution in [0.1, 0.15) is 39.2 Å². The number of nitrogen functional groups attached to an aromatic ring is 1. The minimum absolute atomic E-state index is 0.230. The lowest BCUT2D eigenvalue weighted by Crippen LogP contribution is -2.30. The van der Waals surface area contributed by atoms with E-state index in [0.717, 1.165) is 24.2 Å². The molecule has 3 heteroatoms. The average Bonchev–Trinajstić information content (AvgIpc) is 2.33. The zero-order chi connectivity index (χ0) is 13.5. The summed E-state index contributed by atoms with van der Waals surface area (Å²) in [5.41, 5.74) is 7.59. The Morgan fingerprint density at radius 2 is 2.11 bits per heavy atom. The lowest BCUT2D eigenvalue weighted by Gasteiger charge is -2.21. The predicted octanol–water partition coefficient (Wildman–Crippen LogP) is 3.05. The highest BCUT2D eigenvalue weighted by Gasteiger charge is 2.12. The van der Waals surface area contributed by atoms with Crippen LogP contribution in [-0.4, -0.2) is 17.4 Å². The number of carbonyl (C=O) groups excluding carboxylic acids is 1. The number of hydrogen-bond donors (Lipinski definition) is 1. The largest absolute Gasteiger partial charge is 0.399 e. The third kappa shape index (κ3) is 4.78. The second-order valence-electron chi connectivity index (χ2n) is 5.09. The van der Waals surface area contributed by atoms with Crippen molar-refractivity contribution in [1.29, 1.82) is 0 Å². The van der Waals surface area contributed by atoms with E-state index in [1.807, 2.05) is 36.1 Å². The van der Waals surface area contributed by atoms with Gasteiger partial charge in [0.15, 0.2) is 0 Å². The van der Waals surface area contributed by atoms with Gasteiger partial charge in [-0.2, -0.15) is 0 Å². The van der Waals surface area contributed by atoms with Crippen molar-refractivity contribution in [3.8, 4) is 0 Å². The number of nitrogens with two attached hydrogens (primary N) is 1. The summed E-state index contributed by atoms with van der Waals surface area (Å²) in [7, 11) is 0. The molecule has 2 N–H and O–H groups in total. The molecule has 18 heavy (non-hydrogen) atoms. The molecular formula is C15H24N2O. The van der Waals surface area contributed by atoms with Crippen LogP contribution in [0.3, 0.4) is 0 Å². The number of amides is 1. The fourth-order valence-electron chi connectivity index (χ4n) is 1.86. The van der Waals surface area contributed by atoms with Crippen LogP contribution in [0.4, 0.5) is 5.69 Å². The van der Waals surface area contributed by atoms with Gasteiger partial charge in [0.05, 0.1) is 0 Å². The second kappa shape index (κ2) is 7.04. The van der Waals surface area contributed by atoms with E-state index in [2.05, 4.69) is 13.8 Å². The highest BCUT2D eigenvalue weighted by molar-refractivity contribution is 5.76. The molecule has 0 aliphatic heterocycles. The molecule has 1 amide bonds. The normalized spacial score (nSPS) is 10.7. The maximum absolute atomic E-state index is 12.1. The summed E-state index contributed by atoms with van der Waals surface area (Å²) in [5.74, 6) is 0.800. The van der Waals surface area contributed by atoms with Crippen molar-refractivity contribution >= 4 is 11.6 Å². The van der Waals surface area contributed by atoms with Gasteiger partial charge < -0.3 is 10.6 Å². The first-order chi connectivity index (χ1) is 8.52. The molecule has 1 aromatic carbocycles. The van der Waals surface area contributed by atoms with E-state index in [1.165, 1.54) is 0 Å². The van der Waals surface area contributed by atoms with Crippen molar-refractivity contribution in [1.82, 2.24) is 4.90 Å². The number of rotatable bonds is 6. The minimum Gasteiger partial charge on any atom is -0.399 e. The summed E-state index contributed by atoms with van der Waals surface area (Å²) >= 11 is 0. The zero-order valence-electron chi connectivity index (χ0n) is 11.6. The summed E-state index contributed by atoms with van der Waals surface area (Å²) in [6.45, 7) is 7.69. The number of benzene rings is 1. The molecule has 0 heterocycles. The molecule has 0 saturated carbocycles. The van der Waals surface area contributed by atoms with Crippen molar-refractivity contribution in [3.63, 3.8) is 0 Å². The maximum Gasteiger partial charge on any atom is 0.222 e. The standard InChI is InChI=1S/C15H24N2O/c1-4-17(15(18)9-8-12(2)3)11-13-6-5-7-14(16)10-13/h5-7,10,12H,4,8-9,11,16H2,1-3H3. The lowest BCUT2D eigenvalue weighted by molar-refractivity contribution is -0.131. The van der Waals surface area contributed by atoms with E-state index >= 15 is 0 Å². The molecule has 0 spiro atoms. The van der Waals surface area contributed by atoms with E-state index < -0.39 is 0 Å². The van der Waals surface area contributed by atoms with Crippen LogP contribution in [0.15, 0.2) is 24.3 Å². The maximum atomic E-state index is 12.1. The first-order valence-electron chi connectivity index (χ1n) is 6.65. The minimum atomic E-state index is 0.230. The number of carbonyl (C=O) groups is 1. The van der Waals surface area contributed by atoms with Crippen LogP contribution in [0.5, 0.6) is 0 Å². The Kier molecular flexibility index (Phi) is 5.69. The van der Waals surface area contributed by atoms with Crippen molar-refractivity contribution in [2.75, 3.05) is 12.3 Å². The third-order valence-electron chi connectivity index (χ3n) is 2.99. The monoisotopic (exact) mass is 248 g/mol. The molecule has 0 bridgehead atoms. The smallest absolute Gasteiger partial charge is 0.222 e. The van der Waals surface area contributed by atoms with Crippen molar-refractivity contribution < 1.29 is 4.79 Å². The van der Waals surface area contributed by atoms with Crippen molar-refractivity contribution in [2.24, 2.45) is 5.92 Å². The molecule has 1 rings (SSSR count). The average molecular weight is 248 g/mol. The molecule has 0 atom stereocenters. The Labute approximate surface area is 110 Å². The molecular weight excluding hydrogens is 224 g/mol. The van der Waals surface area contributed by atoms with Gasteiger partial charge in [-0.1, -0.05) is 26.0 Å². The highest BCUT2D eigenvalue weighted by atomic mass is 16.2. The first-order valence-corrected chi connectivity index (χ1v) is 6.65. The molecule has 0 saturated heterocycles. The van der Waals surface area contributed by atoms with E-state index in [1.54, 1.807) is 0 Å². The van der Waals surface area contributed by atoms with E-state index in [0.29, 0.717) is 18.9 Å². The van der Waals surface area contributed by atoms with E-state index in [-0.39, 0.29) is 5.91 Å². The third-order valence-corrected chi connectivity index (χ3v) is 2.99. The van der Waals surface area contributed by atoms with Crippen LogP contribution >= 0.6 is 0 Å². The van der Waals surface area contributed by atoms with Gasteiger partial charge in [0.25, 0.3) is 0 Å². The highest BCUT2D eigenvalue weighted by Crippen LogP contribution is 2.12. The van der Waals surface area contributed by atoms with Gasteiger partial charge in [-0.25, -0.2) is 0 Å². The second-order valence-corrected chi connectivity index (χ2v) is 5.09. The first kappa shape index (κ1) is 14.6. The summed E-state index contributed by atoms with van der Waals surface area (Å²) in [5, 5.41) is 0. The van der Waals surface area contributed by atoms with Crippen LogP contribution in [0.25, 0.3) is 0 Å². The van der Waals surface area contributed by atoms with Gasteiger partial charge in [0.1, 0.15) is 0 Å². The molecule has 3 nitrogen and oxygen atoms in total. The molecule has 0 radical (unpaired) electrons. The quantitative estimate of drug-likeness (QED) is 0.786. The van der Waals surface area contributed by atoms with Gasteiger partial charge in [0.2, 0.25) is 5.91 Å². The molecule has 0 fully saturated rings. The van der Waals surface area contributed by atoms with Crippen molar-refractivity contribution in [2.45, 2.75) is 40.2 Å². The van der Waals surface area contributed by atoms with Crippen LogP contribution in [-0.2, 0) is 11.3 Å².